The SMILES string of the molecule is Cc1nn2c3c(nc2s1)CCN(Cc1ccccc1)C3. The molecule has 0 radical (unpaired) electrons. The second-order valence-electron chi connectivity index (χ2n) is 5.27. The van der Waals surface area contributed by atoms with Gasteiger partial charge in [-0.3, -0.25) is 4.90 Å². The molecule has 4 rings (SSSR count). The molecule has 4 nitrogen and oxygen atoms in total. The molecule has 1 aliphatic heterocycles. The molecule has 0 fully saturated rings. The first-order chi connectivity index (χ1) is 9.79. The summed E-state index contributed by atoms with van der Waals surface area (Å²) in [6.07, 6.45) is 1.03. The summed E-state index contributed by atoms with van der Waals surface area (Å²) in [7, 11) is 0. The van der Waals surface area contributed by atoms with Crippen molar-refractivity contribution in [1.82, 2.24) is 19.5 Å². The Morgan fingerprint density at radius 2 is 2.10 bits per heavy atom. The van der Waals surface area contributed by atoms with Crippen molar-refractivity contribution in [3.63, 3.8) is 0 Å². The molecule has 5 heteroatoms. The normalized spacial score (nSPS) is 15.7. The first-order valence-electron chi connectivity index (χ1n) is 6.90. The number of rotatable bonds is 2. The standard InChI is InChI=1S/C15H16N4S/c1-11-17-19-14-10-18(9-12-5-3-2-4-6-12)8-7-13(14)16-15(19)20-11/h2-6H,7-10H2,1H3. The molecule has 3 heterocycles. The lowest BCUT2D eigenvalue weighted by Gasteiger charge is -2.26. The zero-order valence-corrected chi connectivity index (χ0v) is 12.2. The van der Waals surface area contributed by atoms with Crippen LogP contribution in [0.1, 0.15) is 22.0 Å². The highest BCUT2D eigenvalue weighted by atomic mass is 32.1. The van der Waals surface area contributed by atoms with Crippen LogP contribution in [0.2, 0.25) is 0 Å². The van der Waals surface area contributed by atoms with Crippen molar-refractivity contribution in [1.29, 1.82) is 0 Å². The lowest BCUT2D eigenvalue weighted by atomic mass is 10.1. The Bertz CT molecular complexity index is 744. The zero-order valence-electron chi connectivity index (χ0n) is 11.4. The van der Waals surface area contributed by atoms with E-state index in [-0.39, 0.29) is 0 Å². The van der Waals surface area contributed by atoms with E-state index in [1.54, 1.807) is 11.3 Å². The molecule has 0 unspecified atom stereocenters. The fourth-order valence-corrected chi connectivity index (χ4v) is 3.60. The Morgan fingerprint density at radius 1 is 1.25 bits per heavy atom. The Hall–Kier alpha value is -1.72. The van der Waals surface area contributed by atoms with Gasteiger partial charge in [-0.1, -0.05) is 41.7 Å². The second kappa shape index (κ2) is 4.68. The van der Waals surface area contributed by atoms with E-state index in [1.165, 1.54) is 17.0 Å². The third-order valence-corrected chi connectivity index (χ3v) is 4.59. The van der Waals surface area contributed by atoms with Gasteiger partial charge < -0.3 is 0 Å². The van der Waals surface area contributed by atoms with E-state index in [0.29, 0.717) is 0 Å². The van der Waals surface area contributed by atoms with Crippen molar-refractivity contribution in [2.45, 2.75) is 26.4 Å². The van der Waals surface area contributed by atoms with E-state index < -0.39 is 0 Å². The highest BCUT2D eigenvalue weighted by Crippen LogP contribution is 2.24. The van der Waals surface area contributed by atoms with Gasteiger partial charge in [0.25, 0.3) is 0 Å². The van der Waals surface area contributed by atoms with E-state index in [2.05, 4.69) is 40.3 Å². The van der Waals surface area contributed by atoms with E-state index in [4.69, 9.17) is 4.98 Å². The van der Waals surface area contributed by atoms with Crippen LogP contribution >= 0.6 is 11.3 Å². The average Bonchev–Trinajstić information content (AvgIpc) is 2.96. The topological polar surface area (TPSA) is 33.4 Å². The Labute approximate surface area is 121 Å². The van der Waals surface area contributed by atoms with E-state index in [9.17, 15) is 0 Å². The number of benzene rings is 1. The minimum absolute atomic E-state index is 0.939. The van der Waals surface area contributed by atoms with Gasteiger partial charge in [0.2, 0.25) is 4.96 Å². The van der Waals surface area contributed by atoms with Crippen molar-refractivity contribution in [3.8, 4) is 0 Å². The number of aromatic nitrogens is 3. The van der Waals surface area contributed by atoms with Crippen molar-refractivity contribution in [2.24, 2.45) is 0 Å². The summed E-state index contributed by atoms with van der Waals surface area (Å²) in [4.78, 5) is 8.22. The Kier molecular flexibility index (Phi) is 2.82. The maximum Gasteiger partial charge on any atom is 0.212 e. The van der Waals surface area contributed by atoms with Crippen molar-refractivity contribution >= 4 is 16.3 Å². The summed E-state index contributed by atoms with van der Waals surface area (Å²) < 4.78 is 2.03. The number of aryl methyl sites for hydroxylation is 1. The molecule has 0 saturated carbocycles. The van der Waals surface area contributed by atoms with Crippen molar-refractivity contribution in [3.05, 3.63) is 52.3 Å². The fourth-order valence-electron chi connectivity index (χ4n) is 2.82. The quantitative estimate of drug-likeness (QED) is 0.725. The van der Waals surface area contributed by atoms with E-state index in [1.807, 2.05) is 11.4 Å². The predicted octanol–water partition coefficient (Wildman–Crippen LogP) is 2.66. The second-order valence-corrected chi connectivity index (χ2v) is 6.43. The van der Waals surface area contributed by atoms with Gasteiger partial charge in [-0.15, -0.1) is 0 Å². The summed E-state index contributed by atoms with van der Waals surface area (Å²) in [5.41, 5.74) is 3.87. The van der Waals surface area contributed by atoms with Gasteiger partial charge in [0, 0.05) is 26.1 Å². The van der Waals surface area contributed by atoms with Crippen molar-refractivity contribution < 1.29 is 0 Å². The first-order valence-corrected chi connectivity index (χ1v) is 7.71. The third-order valence-electron chi connectivity index (χ3n) is 3.77. The van der Waals surface area contributed by atoms with Gasteiger partial charge in [0.15, 0.2) is 0 Å². The maximum atomic E-state index is 4.71. The van der Waals surface area contributed by atoms with Gasteiger partial charge in [0.1, 0.15) is 5.01 Å². The van der Waals surface area contributed by atoms with Crippen LogP contribution in [-0.2, 0) is 19.5 Å². The van der Waals surface area contributed by atoms with Crippen LogP contribution in [-0.4, -0.2) is 26.0 Å². The Morgan fingerprint density at radius 3 is 2.95 bits per heavy atom. The predicted molar refractivity (Wildman–Crippen MR) is 79.9 cm³/mol. The molecule has 2 aromatic heterocycles. The number of imidazole rings is 1. The fraction of sp³-hybridized carbons (Fsp3) is 0.333. The maximum absolute atomic E-state index is 4.71. The van der Waals surface area contributed by atoms with Crippen LogP contribution in [0.15, 0.2) is 30.3 Å². The molecule has 102 valence electrons. The van der Waals surface area contributed by atoms with Crippen LogP contribution in [0.25, 0.3) is 4.96 Å². The van der Waals surface area contributed by atoms with E-state index in [0.717, 1.165) is 36.0 Å². The van der Waals surface area contributed by atoms with Gasteiger partial charge >= 0.3 is 0 Å². The molecule has 20 heavy (non-hydrogen) atoms. The summed E-state index contributed by atoms with van der Waals surface area (Å²) in [5, 5.41) is 5.65. The Balaban J connectivity index is 1.62. The minimum Gasteiger partial charge on any atom is -0.293 e. The highest BCUT2D eigenvalue weighted by molar-refractivity contribution is 7.16. The van der Waals surface area contributed by atoms with E-state index >= 15 is 0 Å². The average molecular weight is 284 g/mol. The van der Waals surface area contributed by atoms with Crippen LogP contribution < -0.4 is 0 Å². The molecule has 0 bridgehead atoms. The van der Waals surface area contributed by atoms with Crippen LogP contribution in [0, 0.1) is 6.92 Å². The number of fused-ring (bicyclic) bond motifs is 3. The van der Waals surface area contributed by atoms with Crippen molar-refractivity contribution in [2.75, 3.05) is 6.54 Å². The molecule has 0 spiro atoms. The molecule has 0 N–H and O–H groups in total. The largest absolute Gasteiger partial charge is 0.293 e. The highest BCUT2D eigenvalue weighted by Gasteiger charge is 2.23. The third kappa shape index (κ3) is 2.03. The molecule has 0 aliphatic carbocycles. The molecule has 1 aliphatic rings. The lowest BCUT2D eigenvalue weighted by molar-refractivity contribution is 0.239. The van der Waals surface area contributed by atoms with Gasteiger partial charge in [-0.25, -0.2) is 9.50 Å². The number of hydrogen-bond donors (Lipinski definition) is 0. The van der Waals surface area contributed by atoms with Crippen LogP contribution in [0.5, 0.6) is 0 Å². The summed E-state index contributed by atoms with van der Waals surface area (Å²) in [5.74, 6) is 0. The summed E-state index contributed by atoms with van der Waals surface area (Å²) in [6, 6.07) is 10.6. The van der Waals surface area contributed by atoms with Crippen LogP contribution in [0.4, 0.5) is 0 Å². The molecule has 3 aromatic rings. The first kappa shape index (κ1) is 12.1. The minimum atomic E-state index is 0.939. The molecular formula is C15H16N4S. The van der Waals surface area contributed by atoms with Crippen LogP contribution in [0.3, 0.4) is 0 Å². The lowest BCUT2D eigenvalue weighted by Crippen LogP contribution is -2.30. The summed E-state index contributed by atoms with van der Waals surface area (Å²) in [6.45, 7) is 5.05. The molecular weight excluding hydrogens is 268 g/mol. The van der Waals surface area contributed by atoms with Gasteiger partial charge in [-0.05, 0) is 12.5 Å². The molecule has 1 aromatic carbocycles. The molecule has 0 saturated heterocycles. The zero-order chi connectivity index (χ0) is 13.5. The molecule has 0 amide bonds. The monoisotopic (exact) mass is 284 g/mol. The van der Waals surface area contributed by atoms with Gasteiger partial charge in [0.05, 0.1) is 11.4 Å². The number of hydrogen-bond acceptors (Lipinski definition) is 4. The number of nitrogens with zero attached hydrogens (tertiary/aromatic N) is 4. The van der Waals surface area contributed by atoms with Gasteiger partial charge in [-0.2, -0.15) is 5.10 Å². The summed E-state index contributed by atoms with van der Waals surface area (Å²) >= 11 is 1.67. The molecule has 0 atom stereocenters. The smallest absolute Gasteiger partial charge is 0.212 e.